The number of para-hydroxylation sites is 3. The molecule has 5 nitrogen and oxygen atoms in total. The lowest BCUT2D eigenvalue weighted by molar-refractivity contribution is 0.590. The Morgan fingerprint density at radius 2 is 0.819 bits per heavy atom. The smallest absolute Gasteiger partial charge is 0.252 e. The topological polar surface area (TPSA) is 21.3 Å². The lowest BCUT2D eigenvalue weighted by Crippen LogP contribution is -2.62. The van der Waals surface area contributed by atoms with Gasteiger partial charge >= 0.3 is 0 Å². The third-order valence-electron chi connectivity index (χ3n) is 22.5. The van der Waals surface area contributed by atoms with E-state index in [1.807, 2.05) is 0 Å². The average Bonchev–Trinajstić information content (AvgIpc) is 0.813. The Morgan fingerprint density at radius 1 is 0.314 bits per heavy atom. The second kappa shape index (κ2) is 24.4. The fourth-order valence-electron chi connectivity index (χ4n) is 17.1. The zero-order valence-corrected chi connectivity index (χ0v) is 61.1. The molecular formula is C99H84BN5. The van der Waals surface area contributed by atoms with Crippen molar-refractivity contribution in [3.05, 3.63) is 337 Å². The maximum Gasteiger partial charge on any atom is 0.252 e. The molecule has 0 amide bonds. The highest BCUT2D eigenvalue weighted by Crippen LogP contribution is 2.48. The van der Waals surface area contributed by atoms with E-state index in [2.05, 4.69) is 371 Å². The predicted molar refractivity (Wildman–Crippen MR) is 449 cm³/mol. The van der Waals surface area contributed by atoms with Crippen molar-refractivity contribution in [3.8, 4) is 44.8 Å². The van der Waals surface area contributed by atoms with Crippen LogP contribution in [0.15, 0.2) is 309 Å². The first-order valence-corrected chi connectivity index (χ1v) is 37.1. The second-order valence-corrected chi connectivity index (χ2v) is 32.2. The monoisotopic (exact) mass is 1360 g/mol. The van der Waals surface area contributed by atoms with Crippen molar-refractivity contribution in [1.29, 1.82) is 0 Å². The van der Waals surface area contributed by atoms with Crippen molar-refractivity contribution in [2.75, 3.05) is 16.3 Å². The summed E-state index contributed by atoms with van der Waals surface area (Å²) in [6.07, 6.45) is 0.754. The number of hydrogen-bond acceptors (Lipinski definition) is 2. The van der Waals surface area contributed by atoms with Crippen molar-refractivity contribution in [2.45, 2.75) is 91.5 Å². The maximum atomic E-state index is 9.97. The summed E-state index contributed by atoms with van der Waals surface area (Å²) in [7, 11) is 0. The molecule has 2 aliphatic rings. The normalized spacial score (nSPS) is 13.6. The number of hydrogen-bond donors (Lipinski definition) is 0. The molecule has 0 saturated carbocycles. The number of fused-ring (bicyclic) bond motifs is 13. The van der Waals surface area contributed by atoms with E-state index in [4.69, 9.17) is 0 Å². The first kappa shape index (κ1) is 59.7. The molecule has 0 saturated heterocycles. The highest BCUT2D eigenvalue weighted by molar-refractivity contribution is 7.00. The van der Waals surface area contributed by atoms with Gasteiger partial charge in [-0.15, -0.1) is 0 Å². The molecule has 508 valence electrons. The van der Waals surface area contributed by atoms with Gasteiger partial charge in [-0.2, -0.15) is 0 Å². The van der Waals surface area contributed by atoms with Crippen LogP contribution in [0.1, 0.15) is 95.6 Å². The molecule has 0 bridgehead atoms. The molecule has 5 heterocycles. The molecule has 3 aromatic heterocycles. The number of benzene rings is 14. The molecule has 0 fully saturated rings. The summed E-state index contributed by atoms with van der Waals surface area (Å²) >= 11 is 0. The lowest BCUT2D eigenvalue weighted by atomic mass is 9.33. The number of nitrogens with zero attached hydrogens (tertiary/aromatic N) is 5. The van der Waals surface area contributed by atoms with Crippen molar-refractivity contribution < 1.29 is 5.48 Å². The predicted octanol–water partition coefficient (Wildman–Crippen LogP) is 23.9. The average molecular weight is 1360 g/mol. The van der Waals surface area contributed by atoms with Crippen LogP contribution in [0.5, 0.6) is 0 Å². The molecule has 6 heteroatoms. The van der Waals surface area contributed by atoms with Gasteiger partial charge in [-0.05, 0) is 209 Å². The van der Waals surface area contributed by atoms with Crippen molar-refractivity contribution in [3.63, 3.8) is 0 Å². The molecule has 0 spiro atoms. The van der Waals surface area contributed by atoms with Gasteiger partial charge in [-0.3, -0.25) is 0 Å². The zero-order chi connectivity index (χ0) is 74.7. The Balaban J connectivity index is 0.856. The van der Waals surface area contributed by atoms with E-state index >= 15 is 0 Å². The lowest BCUT2D eigenvalue weighted by Gasteiger charge is -2.45. The van der Waals surface area contributed by atoms with Crippen molar-refractivity contribution in [2.24, 2.45) is 0 Å². The van der Waals surface area contributed by atoms with Crippen molar-refractivity contribution in [1.82, 2.24) is 13.7 Å². The first-order valence-electron chi connectivity index (χ1n) is 39.1. The molecule has 14 aromatic carbocycles. The van der Waals surface area contributed by atoms with E-state index in [-0.39, 0.29) is 47.1 Å². The van der Waals surface area contributed by atoms with Gasteiger partial charge in [-0.25, -0.2) is 0 Å². The summed E-state index contributed by atoms with van der Waals surface area (Å²) in [4.78, 5) is 5.18. The molecule has 0 atom stereocenters. The third kappa shape index (κ3) is 10.8. The van der Waals surface area contributed by atoms with E-state index in [9.17, 15) is 5.48 Å². The Labute approximate surface area is 622 Å². The third-order valence-corrected chi connectivity index (χ3v) is 22.5. The molecule has 2 aliphatic heterocycles. The highest BCUT2D eigenvalue weighted by Gasteiger charge is 2.44. The number of anilines is 5. The van der Waals surface area contributed by atoms with Crippen LogP contribution in [0.2, 0.25) is 0 Å². The largest absolute Gasteiger partial charge is 0.342 e. The van der Waals surface area contributed by atoms with Gasteiger partial charge in [0.2, 0.25) is 0 Å². The quantitative estimate of drug-likeness (QED) is 0.120. The van der Waals surface area contributed by atoms with Crippen LogP contribution < -0.4 is 26.2 Å². The van der Waals surface area contributed by atoms with Crippen LogP contribution in [0.25, 0.3) is 110 Å². The van der Waals surface area contributed by atoms with E-state index in [1.54, 1.807) is 0 Å². The van der Waals surface area contributed by atoms with Crippen LogP contribution in [-0.2, 0) is 29.2 Å². The van der Waals surface area contributed by atoms with Gasteiger partial charge in [0.05, 0.1) is 27.5 Å². The highest BCUT2D eigenvalue weighted by atomic mass is 15.2. The van der Waals surface area contributed by atoms with Gasteiger partial charge in [0.15, 0.2) is 0 Å². The zero-order valence-electron chi connectivity index (χ0n) is 65.1. The van der Waals surface area contributed by atoms with Crippen LogP contribution >= 0.6 is 0 Å². The first-order chi connectivity index (χ1) is 52.6. The Kier molecular flexibility index (Phi) is 13.9. The Morgan fingerprint density at radius 3 is 1.45 bits per heavy atom. The molecule has 0 N–H and O–H groups in total. The van der Waals surface area contributed by atoms with E-state index < -0.39 is 0 Å². The SMILES string of the molecule is [2H]c1c([2H])c([2H])c2c(c1[2H])c1cc(-n3c4ccccc4c4ccccc43)ccc1n2-c1ccc2c(c1)N(c1cccc(-c3ccccc3)c1)c1cc(C(C)(C)C)cc3c1B2c1ccc(Cn2c4ccc(C(C)(C)C)cc4c4cc(C(C)(C)C)ccc42)cc1N3CCc1cc(-c2ccccc2)cc(-c2ccccc2)c1. The molecular weight excluding hydrogens is 1270 g/mol. The van der Waals surface area contributed by atoms with Gasteiger partial charge < -0.3 is 23.5 Å². The summed E-state index contributed by atoms with van der Waals surface area (Å²) in [6.45, 7) is 22.0. The maximum absolute atomic E-state index is 9.97. The molecule has 0 radical (unpaired) electrons. The molecule has 17 aromatic rings. The van der Waals surface area contributed by atoms with Crippen LogP contribution in [0.4, 0.5) is 28.4 Å². The van der Waals surface area contributed by atoms with E-state index in [0.29, 0.717) is 24.0 Å². The van der Waals surface area contributed by atoms with Gasteiger partial charge in [-0.1, -0.05) is 262 Å². The minimum atomic E-state index is -0.302. The van der Waals surface area contributed by atoms with E-state index in [1.165, 1.54) is 94.2 Å². The van der Waals surface area contributed by atoms with E-state index in [0.717, 1.165) is 84.2 Å². The summed E-state index contributed by atoms with van der Waals surface area (Å²) in [6, 6.07) is 105. The summed E-state index contributed by atoms with van der Waals surface area (Å²) in [5.74, 6) is 0. The standard InChI is InChI=1S/C99H84BN5/c1-97(2,3)72-41-47-86-81(57-72)82-58-73(98(4,5)6)42-48-87(82)102(86)63-65-40-45-84-92(54-65)101(51-50-64-52-70(67-28-15-11-16-29-67)55-71(53-64)68-30-17-12-18-31-68)94-59-74(99(7,8)9)60-95-96(94)100(84)85-46-43-77(62-93(85)105(95)75-33-25-32-69(56-75)66-26-13-10-14-27-66)104-90-39-24-21-36-80(90)83-61-76(44-49-91(83)104)103-88-37-22-19-34-78(88)79-35-20-23-38-89(79)103/h10-49,52-62H,50-51,63H2,1-9H3/i21D,24D,36D,39D. The summed E-state index contributed by atoms with van der Waals surface area (Å²) < 4.78 is 45.4. The van der Waals surface area contributed by atoms with Gasteiger partial charge in [0.25, 0.3) is 6.71 Å². The minimum Gasteiger partial charge on any atom is -0.342 e. The fourth-order valence-corrected chi connectivity index (χ4v) is 17.1. The minimum absolute atomic E-state index is 0.0355. The molecule has 0 aliphatic carbocycles. The van der Waals surface area contributed by atoms with Crippen LogP contribution in [0.3, 0.4) is 0 Å². The molecule has 19 rings (SSSR count). The fraction of sp³-hybridized carbons (Fsp3) is 0.152. The summed E-state index contributed by atoms with van der Waals surface area (Å²) in [5, 5.41) is 6.04. The Hall–Kier alpha value is -11.9. The van der Waals surface area contributed by atoms with Gasteiger partial charge in [0.1, 0.15) is 0 Å². The number of rotatable bonds is 11. The Bertz CT molecular complexity index is 6400. The van der Waals surface area contributed by atoms with Gasteiger partial charge in [0, 0.05) is 96.3 Å². The van der Waals surface area contributed by atoms with Crippen LogP contribution in [-0.4, -0.2) is 27.0 Å². The molecule has 0 unspecified atom stereocenters. The van der Waals surface area contributed by atoms with Crippen LogP contribution in [0, 0.1) is 0 Å². The summed E-state index contributed by atoms with van der Waals surface area (Å²) in [5.41, 5.74) is 29.3. The number of aromatic nitrogens is 3. The van der Waals surface area contributed by atoms with Crippen molar-refractivity contribution >= 4 is 117 Å². The second-order valence-electron chi connectivity index (χ2n) is 32.2. The molecule has 105 heavy (non-hydrogen) atoms.